The molecule has 2 fully saturated rings. The van der Waals surface area contributed by atoms with Crippen LogP contribution in [0.5, 0.6) is 5.75 Å². The van der Waals surface area contributed by atoms with Crippen molar-refractivity contribution < 1.29 is 17.9 Å². The van der Waals surface area contributed by atoms with Crippen LogP contribution in [0.4, 0.5) is 13.2 Å². The summed E-state index contributed by atoms with van der Waals surface area (Å²) in [7, 11) is 0. The van der Waals surface area contributed by atoms with Crippen molar-refractivity contribution >= 4 is 0 Å². The molecule has 3 rings (SSSR count). The van der Waals surface area contributed by atoms with Crippen LogP contribution in [-0.4, -0.2) is 6.61 Å². The number of alkyl halides is 2. The number of hydrogen-bond donors (Lipinski definition) is 0. The SMILES string of the molecule is Cc1ccc(OCC2CCC(C3CCC(C)CC3)CC2)c(C(F)F)c1F. The molecule has 0 aromatic heterocycles. The first kappa shape index (κ1) is 19.6. The number of halogens is 3. The molecule has 26 heavy (non-hydrogen) atoms. The summed E-state index contributed by atoms with van der Waals surface area (Å²) in [5.41, 5.74) is -0.357. The van der Waals surface area contributed by atoms with Gasteiger partial charge in [-0.15, -0.1) is 0 Å². The highest BCUT2D eigenvalue weighted by atomic mass is 19.3. The van der Waals surface area contributed by atoms with Crippen LogP contribution in [0.1, 0.15) is 75.8 Å². The monoisotopic (exact) mass is 368 g/mol. The molecular formula is C22H31F3O. The summed E-state index contributed by atoms with van der Waals surface area (Å²) in [4.78, 5) is 0. The zero-order valence-electron chi connectivity index (χ0n) is 15.9. The zero-order chi connectivity index (χ0) is 18.7. The molecule has 1 aromatic rings. The van der Waals surface area contributed by atoms with Crippen molar-refractivity contribution in [1.29, 1.82) is 0 Å². The molecule has 2 aliphatic carbocycles. The maximum absolute atomic E-state index is 14.0. The van der Waals surface area contributed by atoms with Gasteiger partial charge in [0.05, 0.1) is 12.2 Å². The maximum atomic E-state index is 14.0. The molecule has 0 amide bonds. The largest absolute Gasteiger partial charge is 0.493 e. The van der Waals surface area contributed by atoms with E-state index in [1.165, 1.54) is 57.6 Å². The molecule has 0 unspecified atom stereocenters. The van der Waals surface area contributed by atoms with Gasteiger partial charge in [0, 0.05) is 0 Å². The van der Waals surface area contributed by atoms with Gasteiger partial charge in [0.2, 0.25) is 0 Å². The van der Waals surface area contributed by atoms with Crippen molar-refractivity contribution in [3.8, 4) is 5.75 Å². The van der Waals surface area contributed by atoms with Crippen LogP contribution >= 0.6 is 0 Å². The van der Waals surface area contributed by atoms with Crippen LogP contribution in [0, 0.1) is 36.4 Å². The fraction of sp³-hybridized carbons (Fsp3) is 0.727. The van der Waals surface area contributed by atoms with Crippen LogP contribution in [0.3, 0.4) is 0 Å². The van der Waals surface area contributed by atoms with Gasteiger partial charge in [0.15, 0.2) is 0 Å². The van der Waals surface area contributed by atoms with E-state index in [1.807, 2.05) is 0 Å². The second-order valence-electron chi connectivity index (χ2n) is 8.52. The predicted molar refractivity (Wildman–Crippen MR) is 98.2 cm³/mol. The van der Waals surface area contributed by atoms with E-state index < -0.39 is 17.8 Å². The third-order valence-corrected chi connectivity index (χ3v) is 6.64. The first-order valence-electron chi connectivity index (χ1n) is 10.2. The quantitative estimate of drug-likeness (QED) is 0.539. The van der Waals surface area contributed by atoms with E-state index in [1.54, 1.807) is 0 Å². The van der Waals surface area contributed by atoms with Crippen LogP contribution in [0.2, 0.25) is 0 Å². The zero-order valence-corrected chi connectivity index (χ0v) is 15.9. The van der Waals surface area contributed by atoms with Crippen molar-refractivity contribution in [2.24, 2.45) is 23.7 Å². The van der Waals surface area contributed by atoms with Crippen molar-refractivity contribution in [2.45, 2.75) is 71.6 Å². The van der Waals surface area contributed by atoms with Crippen LogP contribution in [-0.2, 0) is 0 Å². The van der Waals surface area contributed by atoms with Crippen LogP contribution in [0.25, 0.3) is 0 Å². The molecule has 0 atom stereocenters. The Labute approximate surface area is 155 Å². The highest BCUT2D eigenvalue weighted by molar-refractivity contribution is 5.39. The van der Waals surface area contributed by atoms with Crippen LogP contribution in [0.15, 0.2) is 12.1 Å². The molecule has 0 radical (unpaired) electrons. The number of hydrogen-bond acceptors (Lipinski definition) is 1. The Balaban J connectivity index is 1.51. The normalized spacial score (nSPS) is 29.8. The third-order valence-electron chi connectivity index (χ3n) is 6.64. The standard InChI is InChI=1S/C22H31F3O/c1-14-3-8-17(9-4-14)18-10-6-16(7-11-18)13-26-19-12-5-15(2)21(23)20(19)22(24)25/h5,12,14,16-18,22H,3-4,6-11,13H2,1-2H3. The Morgan fingerprint density at radius 2 is 1.54 bits per heavy atom. The molecular weight excluding hydrogens is 337 g/mol. The van der Waals surface area contributed by atoms with Crippen molar-refractivity contribution in [3.63, 3.8) is 0 Å². The molecule has 4 heteroatoms. The van der Waals surface area contributed by atoms with Crippen LogP contribution < -0.4 is 4.74 Å². The number of ether oxygens (including phenoxy) is 1. The fourth-order valence-electron chi connectivity index (χ4n) is 4.80. The highest BCUT2D eigenvalue weighted by Gasteiger charge is 2.30. The number of rotatable bonds is 5. The molecule has 0 spiro atoms. The minimum atomic E-state index is -2.85. The average molecular weight is 368 g/mol. The molecule has 0 aliphatic heterocycles. The summed E-state index contributed by atoms with van der Waals surface area (Å²) in [6.45, 7) is 4.26. The Morgan fingerprint density at radius 1 is 0.962 bits per heavy atom. The average Bonchev–Trinajstić information content (AvgIpc) is 2.63. The molecule has 0 N–H and O–H groups in total. The Morgan fingerprint density at radius 3 is 2.12 bits per heavy atom. The van der Waals surface area contributed by atoms with Gasteiger partial charge in [0.25, 0.3) is 6.43 Å². The van der Waals surface area contributed by atoms with E-state index in [0.717, 1.165) is 30.6 Å². The minimum Gasteiger partial charge on any atom is -0.493 e. The lowest BCUT2D eigenvalue weighted by Crippen LogP contribution is -2.27. The first-order valence-corrected chi connectivity index (χ1v) is 10.2. The molecule has 146 valence electrons. The van der Waals surface area contributed by atoms with Crippen molar-refractivity contribution in [3.05, 3.63) is 29.1 Å². The van der Waals surface area contributed by atoms with E-state index in [2.05, 4.69) is 6.92 Å². The van der Waals surface area contributed by atoms with E-state index in [9.17, 15) is 13.2 Å². The Hall–Kier alpha value is -1.19. The lowest BCUT2D eigenvalue weighted by molar-refractivity contribution is 0.117. The topological polar surface area (TPSA) is 9.23 Å². The van der Waals surface area contributed by atoms with Gasteiger partial charge in [-0.05, 0) is 80.8 Å². The van der Waals surface area contributed by atoms with E-state index in [-0.39, 0.29) is 11.3 Å². The molecule has 1 nitrogen and oxygen atoms in total. The lowest BCUT2D eigenvalue weighted by atomic mass is 9.69. The van der Waals surface area contributed by atoms with Gasteiger partial charge >= 0.3 is 0 Å². The summed E-state index contributed by atoms with van der Waals surface area (Å²) in [5.74, 6) is 2.15. The third kappa shape index (κ3) is 4.55. The minimum absolute atomic E-state index is 0.00601. The van der Waals surface area contributed by atoms with E-state index >= 15 is 0 Å². The molecule has 0 bridgehead atoms. The number of benzene rings is 1. The lowest BCUT2D eigenvalue weighted by Gasteiger charge is -2.37. The Bertz CT molecular complexity index is 585. The van der Waals surface area contributed by atoms with Gasteiger partial charge in [-0.1, -0.05) is 25.8 Å². The molecule has 1 aromatic carbocycles. The van der Waals surface area contributed by atoms with Gasteiger partial charge in [-0.2, -0.15) is 0 Å². The molecule has 0 saturated heterocycles. The van der Waals surface area contributed by atoms with Crippen molar-refractivity contribution in [2.75, 3.05) is 6.61 Å². The van der Waals surface area contributed by atoms with Gasteiger partial charge in [0.1, 0.15) is 11.6 Å². The summed E-state index contributed by atoms with van der Waals surface area (Å²) in [5, 5.41) is 0. The Kier molecular flexibility index (Phi) is 6.52. The fourth-order valence-corrected chi connectivity index (χ4v) is 4.80. The summed E-state index contributed by atoms with van der Waals surface area (Å²) < 4.78 is 46.0. The summed E-state index contributed by atoms with van der Waals surface area (Å²) >= 11 is 0. The highest BCUT2D eigenvalue weighted by Crippen LogP contribution is 2.41. The van der Waals surface area contributed by atoms with E-state index in [0.29, 0.717) is 12.5 Å². The second-order valence-corrected chi connectivity index (χ2v) is 8.52. The summed E-state index contributed by atoms with van der Waals surface area (Å²) in [6, 6.07) is 2.99. The second kappa shape index (κ2) is 8.67. The first-order chi connectivity index (χ1) is 12.5. The molecule has 2 saturated carbocycles. The van der Waals surface area contributed by atoms with Gasteiger partial charge < -0.3 is 4.74 Å². The smallest absolute Gasteiger partial charge is 0.270 e. The molecule has 2 aliphatic rings. The summed E-state index contributed by atoms with van der Waals surface area (Å²) in [6.07, 6.45) is 7.24. The number of aryl methyl sites for hydroxylation is 1. The van der Waals surface area contributed by atoms with Gasteiger partial charge in [-0.25, -0.2) is 13.2 Å². The van der Waals surface area contributed by atoms with E-state index in [4.69, 9.17) is 4.74 Å². The molecule has 0 heterocycles. The maximum Gasteiger partial charge on any atom is 0.270 e. The predicted octanol–water partition coefficient (Wildman–Crippen LogP) is 7.08. The van der Waals surface area contributed by atoms with Gasteiger partial charge in [-0.3, -0.25) is 0 Å². The van der Waals surface area contributed by atoms with Crippen molar-refractivity contribution in [1.82, 2.24) is 0 Å².